The molecule has 21 heavy (non-hydrogen) atoms. The van der Waals surface area contributed by atoms with E-state index in [-0.39, 0.29) is 5.76 Å². The molecule has 4 nitrogen and oxygen atoms in total. The highest BCUT2D eigenvalue weighted by molar-refractivity contribution is 5.84. The lowest BCUT2D eigenvalue weighted by Gasteiger charge is -2.39. The summed E-state index contributed by atoms with van der Waals surface area (Å²) in [6.07, 6.45) is 3.77. The molecule has 3 rings (SSSR count). The summed E-state index contributed by atoms with van der Waals surface area (Å²) in [5, 5.41) is 9.04. The van der Waals surface area contributed by atoms with Crippen molar-refractivity contribution in [2.45, 2.75) is 59.5 Å². The van der Waals surface area contributed by atoms with Gasteiger partial charge < -0.3 is 9.52 Å². The van der Waals surface area contributed by atoms with Crippen molar-refractivity contribution in [1.82, 2.24) is 4.90 Å². The van der Waals surface area contributed by atoms with Gasteiger partial charge in [-0.1, -0.05) is 20.8 Å². The Hall–Kier alpha value is -1.29. The molecule has 1 saturated carbocycles. The summed E-state index contributed by atoms with van der Waals surface area (Å²) >= 11 is 0. The molecule has 2 heterocycles. The first-order valence-corrected chi connectivity index (χ1v) is 7.74. The van der Waals surface area contributed by atoms with Crippen molar-refractivity contribution in [3.63, 3.8) is 0 Å². The molecule has 2 unspecified atom stereocenters. The van der Waals surface area contributed by atoms with E-state index in [4.69, 9.17) is 9.52 Å². The molecule has 1 aromatic rings. The molecule has 2 fully saturated rings. The molecular weight excluding hydrogens is 266 g/mol. The van der Waals surface area contributed by atoms with Crippen LogP contribution in [0.15, 0.2) is 10.5 Å². The predicted molar refractivity (Wildman–Crippen MR) is 80.3 cm³/mol. The quantitative estimate of drug-likeness (QED) is 0.923. The minimum Gasteiger partial charge on any atom is -0.475 e. The zero-order valence-electron chi connectivity index (χ0n) is 13.4. The molecule has 1 aliphatic carbocycles. The van der Waals surface area contributed by atoms with Gasteiger partial charge in [-0.3, -0.25) is 4.90 Å². The third-order valence-corrected chi connectivity index (χ3v) is 5.13. The number of likely N-dealkylation sites (tertiary alicyclic amines) is 1. The maximum atomic E-state index is 11.0. The van der Waals surface area contributed by atoms with E-state index >= 15 is 0 Å². The van der Waals surface area contributed by atoms with Gasteiger partial charge in [0, 0.05) is 24.7 Å². The maximum absolute atomic E-state index is 11.0. The van der Waals surface area contributed by atoms with Crippen molar-refractivity contribution in [3.8, 4) is 0 Å². The Morgan fingerprint density at radius 2 is 2.14 bits per heavy atom. The largest absolute Gasteiger partial charge is 0.475 e. The van der Waals surface area contributed by atoms with Crippen molar-refractivity contribution >= 4 is 5.97 Å². The Bertz CT molecular complexity index is 575. The highest BCUT2D eigenvalue weighted by atomic mass is 16.4. The minimum absolute atomic E-state index is 0.0520. The van der Waals surface area contributed by atoms with E-state index in [0.717, 1.165) is 24.4 Å². The molecule has 4 heteroatoms. The van der Waals surface area contributed by atoms with E-state index in [1.54, 1.807) is 6.07 Å². The zero-order valence-corrected chi connectivity index (χ0v) is 13.4. The van der Waals surface area contributed by atoms with E-state index in [1.807, 2.05) is 6.92 Å². The summed E-state index contributed by atoms with van der Waals surface area (Å²) in [7, 11) is 0. The van der Waals surface area contributed by atoms with Crippen LogP contribution < -0.4 is 0 Å². The van der Waals surface area contributed by atoms with Gasteiger partial charge in [0.2, 0.25) is 5.76 Å². The number of aromatic carboxylic acids is 1. The molecule has 116 valence electrons. The van der Waals surface area contributed by atoms with Gasteiger partial charge in [0.25, 0.3) is 0 Å². The Morgan fingerprint density at radius 3 is 2.76 bits per heavy atom. The number of rotatable bonds is 3. The molecule has 2 aliphatic rings. The Balaban J connectivity index is 1.79. The SMILES string of the molecule is Cc1oc(C(=O)O)cc1CN1CC2(C)CC1CC(C)(C)C2. The second kappa shape index (κ2) is 4.60. The maximum Gasteiger partial charge on any atom is 0.371 e. The normalized spacial score (nSPS) is 31.5. The summed E-state index contributed by atoms with van der Waals surface area (Å²) in [4.78, 5) is 13.5. The van der Waals surface area contributed by atoms with E-state index in [2.05, 4.69) is 25.7 Å². The molecule has 1 saturated heterocycles. The summed E-state index contributed by atoms with van der Waals surface area (Å²) in [6, 6.07) is 2.30. The molecule has 0 aromatic carbocycles. The lowest BCUT2D eigenvalue weighted by atomic mass is 9.65. The number of hydrogen-bond donors (Lipinski definition) is 1. The fourth-order valence-corrected chi connectivity index (χ4v) is 4.76. The monoisotopic (exact) mass is 291 g/mol. The number of carboxylic acids is 1. The summed E-state index contributed by atoms with van der Waals surface area (Å²) in [6.45, 7) is 10.9. The third kappa shape index (κ3) is 2.73. The smallest absolute Gasteiger partial charge is 0.371 e. The molecule has 2 bridgehead atoms. The average Bonchev–Trinajstić information content (AvgIpc) is 2.77. The van der Waals surface area contributed by atoms with Crippen LogP contribution in [0.1, 0.15) is 61.9 Å². The van der Waals surface area contributed by atoms with E-state index in [9.17, 15) is 4.79 Å². The highest BCUT2D eigenvalue weighted by Crippen LogP contribution is 2.52. The average molecular weight is 291 g/mol. The number of hydrogen-bond acceptors (Lipinski definition) is 3. The van der Waals surface area contributed by atoms with Crippen molar-refractivity contribution in [3.05, 3.63) is 23.2 Å². The number of nitrogens with zero attached hydrogens (tertiary/aromatic N) is 1. The van der Waals surface area contributed by atoms with Crippen LogP contribution in [0, 0.1) is 17.8 Å². The second-order valence-corrected chi connectivity index (χ2v) is 8.12. The first-order valence-electron chi connectivity index (χ1n) is 7.74. The fourth-order valence-electron chi connectivity index (χ4n) is 4.76. The lowest BCUT2D eigenvalue weighted by Crippen LogP contribution is -2.34. The van der Waals surface area contributed by atoms with Crippen molar-refractivity contribution < 1.29 is 14.3 Å². The minimum atomic E-state index is -0.988. The Kier molecular flexibility index (Phi) is 3.21. The van der Waals surface area contributed by atoms with Gasteiger partial charge in [0.1, 0.15) is 5.76 Å². The lowest BCUT2D eigenvalue weighted by molar-refractivity contribution is 0.0661. The van der Waals surface area contributed by atoms with E-state index in [0.29, 0.717) is 16.9 Å². The number of furan rings is 1. The predicted octanol–water partition coefficient (Wildman–Crippen LogP) is 3.69. The van der Waals surface area contributed by atoms with Crippen molar-refractivity contribution in [2.75, 3.05) is 6.54 Å². The topological polar surface area (TPSA) is 53.7 Å². The van der Waals surface area contributed by atoms with Crippen LogP contribution in [0.2, 0.25) is 0 Å². The van der Waals surface area contributed by atoms with Crippen LogP contribution in [0.25, 0.3) is 0 Å². The van der Waals surface area contributed by atoms with Crippen LogP contribution in [0.4, 0.5) is 0 Å². The molecule has 2 atom stereocenters. The molecule has 1 aromatic heterocycles. The van der Waals surface area contributed by atoms with Crippen molar-refractivity contribution in [1.29, 1.82) is 0 Å². The fraction of sp³-hybridized carbons (Fsp3) is 0.706. The summed E-state index contributed by atoms with van der Waals surface area (Å²) < 4.78 is 5.34. The molecule has 0 spiro atoms. The van der Waals surface area contributed by atoms with Gasteiger partial charge in [-0.2, -0.15) is 0 Å². The summed E-state index contributed by atoms with van der Waals surface area (Å²) in [5.41, 5.74) is 1.82. The Labute approximate surface area is 126 Å². The van der Waals surface area contributed by atoms with E-state index in [1.165, 1.54) is 19.3 Å². The third-order valence-electron chi connectivity index (χ3n) is 5.13. The van der Waals surface area contributed by atoms with Crippen LogP contribution in [0.5, 0.6) is 0 Å². The first kappa shape index (κ1) is 14.6. The standard InChI is InChI=1S/C17H25NO3/c1-11-12(5-14(21-11)15(19)20)8-18-10-17(4)7-13(18)6-16(2,3)9-17/h5,13H,6-10H2,1-4H3,(H,19,20). The van der Waals surface area contributed by atoms with Gasteiger partial charge in [0.05, 0.1) is 0 Å². The number of aryl methyl sites for hydroxylation is 1. The summed E-state index contributed by atoms with van der Waals surface area (Å²) in [5.74, 6) is -0.202. The van der Waals surface area contributed by atoms with Crippen LogP contribution >= 0.6 is 0 Å². The van der Waals surface area contributed by atoms with Gasteiger partial charge in [-0.05, 0) is 43.1 Å². The van der Waals surface area contributed by atoms with Crippen molar-refractivity contribution in [2.24, 2.45) is 10.8 Å². The van der Waals surface area contributed by atoms with Crippen LogP contribution in [-0.2, 0) is 6.54 Å². The van der Waals surface area contributed by atoms with Gasteiger partial charge in [-0.15, -0.1) is 0 Å². The molecule has 0 amide bonds. The Morgan fingerprint density at radius 1 is 1.43 bits per heavy atom. The zero-order chi connectivity index (χ0) is 15.4. The number of carboxylic acid groups (broad SMARTS) is 1. The number of fused-ring (bicyclic) bond motifs is 2. The second-order valence-electron chi connectivity index (χ2n) is 8.12. The van der Waals surface area contributed by atoms with Gasteiger partial charge in [0.15, 0.2) is 0 Å². The first-order chi connectivity index (χ1) is 9.67. The number of carbonyl (C=O) groups is 1. The van der Waals surface area contributed by atoms with Crippen LogP contribution in [-0.4, -0.2) is 28.6 Å². The molecule has 1 N–H and O–H groups in total. The van der Waals surface area contributed by atoms with Crippen LogP contribution in [0.3, 0.4) is 0 Å². The molecular formula is C17H25NO3. The van der Waals surface area contributed by atoms with Gasteiger partial charge in [-0.25, -0.2) is 4.79 Å². The van der Waals surface area contributed by atoms with E-state index < -0.39 is 5.97 Å². The molecule has 1 aliphatic heterocycles. The highest BCUT2D eigenvalue weighted by Gasteiger charge is 2.49. The van der Waals surface area contributed by atoms with Gasteiger partial charge >= 0.3 is 5.97 Å². The molecule has 0 radical (unpaired) electrons.